The summed E-state index contributed by atoms with van der Waals surface area (Å²) in [5.74, 6) is -0.104. The summed E-state index contributed by atoms with van der Waals surface area (Å²) in [4.78, 5) is 28.9. The molecule has 5 aromatic rings. The van der Waals surface area contributed by atoms with E-state index in [2.05, 4.69) is 21.7 Å². The molecule has 2 amide bonds. The molecule has 1 aliphatic heterocycles. The van der Waals surface area contributed by atoms with Crippen molar-refractivity contribution in [3.63, 3.8) is 0 Å². The zero-order valence-electron chi connectivity index (χ0n) is 29.2. The van der Waals surface area contributed by atoms with Crippen LogP contribution < -0.4 is 16.4 Å². The number of imidazole rings is 1. The van der Waals surface area contributed by atoms with E-state index in [-0.39, 0.29) is 35.8 Å². The summed E-state index contributed by atoms with van der Waals surface area (Å²) >= 11 is 12.5. The van der Waals surface area contributed by atoms with Crippen molar-refractivity contribution >= 4 is 46.4 Å². The maximum Gasteiger partial charge on any atom is 0.224 e. The molecule has 1 saturated heterocycles. The number of nitrogens with two attached hydrogens (primary N) is 1. The number of hydrogen-bond acceptors (Lipinski definition) is 7. The molecule has 0 radical (unpaired) electrons. The molecule has 276 valence electrons. The monoisotopic (exact) mass is 755 g/mol. The molecular weight excluding hydrogens is 713 g/mol. The Morgan fingerprint density at radius 3 is 2.28 bits per heavy atom. The lowest BCUT2D eigenvalue weighted by atomic mass is 9.99. The number of hydrogen-bond donors (Lipinski definition) is 4. The highest BCUT2D eigenvalue weighted by Gasteiger charge is 2.33. The van der Waals surface area contributed by atoms with Crippen molar-refractivity contribution in [2.24, 2.45) is 0 Å². The highest BCUT2D eigenvalue weighted by molar-refractivity contribution is 6.40. The Morgan fingerprint density at radius 2 is 1.57 bits per heavy atom. The molecule has 1 fully saturated rings. The van der Waals surface area contributed by atoms with Gasteiger partial charge < -0.3 is 35.5 Å². The van der Waals surface area contributed by atoms with E-state index in [1.807, 2.05) is 78.9 Å². The van der Waals surface area contributed by atoms with E-state index >= 15 is 0 Å². The number of amides is 2. The number of halogens is 2. The fourth-order valence-corrected chi connectivity index (χ4v) is 6.59. The number of aliphatic hydroxyl groups excluding tert-OH is 1. The van der Waals surface area contributed by atoms with E-state index in [0.717, 1.165) is 39.8 Å². The van der Waals surface area contributed by atoms with Gasteiger partial charge in [-0.1, -0.05) is 108 Å². The van der Waals surface area contributed by atoms with Crippen LogP contribution in [-0.2, 0) is 38.8 Å². The standard InChI is InChI=1S/C41H43Cl2N5O5/c42-39-40(43)48(26-46-39)24-33-22-36(30-15-13-27(25-49)14-16-30)53-41(52-33)31-19-17-29(18-20-31)32-8-6-7-28(21-32)23-45-37(50)11-2-1-3-12-38(51)47-35-10-5-4-9-34(35)44/h4-10,13-21,26,33,36,41,49H,1-3,11-12,22-25,44H2,(H,45,50)(H,47,51). The van der Waals surface area contributed by atoms with Crippen LogP contribution in [-0.4, -0.2) is 32.6 Å². The Balaban J connectivity index is 1.01. The lowest BCUT2D eigenvalue weighted by molar-refractivity contribution is -0.252. The van der Waals surface area contributed by atoms with Crippen LogP contribution >= 0.6 is 23.2 Å². The number of nitrogen functional groups attached to an aromatic ring is 1. The zero-order valence-corrected chi connectivity index (χ0v) is 30.7. The molecule has 53 heavy (non-hydrogen) atoms. The molecule has 4 aromatic carbocycles. The number of anilines is 2. The average molecular weight is 757 g/mol. The van der Waals surface area contributed by atoms with Crippen molar-refractivity contribution in [3.05, 3.63) is 136 Å². The van der Waals surface area contributed by atoms with Gasteiger partial charge >= 0.3 is 0 Å². The maximum atomic E-state index is 12.6. The van der Waals surface area contributed by atoms with E-state index in [4.69, 9.17) is 38.4 Å². The molecule has 6 rings (SSSR count). The Kier molecular flexibility index (Phi) is 13.2. The number of carbonyl (C=O) groups is 2. The van der Waals surface area contributed by atoms with Crippen molar-refractivity contribution in [2.75, 3.05) is 11.1 Å². The number of ether oxygens (including phenoxy) is 2. The van der Waals surface area contributed by atoms with Crippen LogP contribution in [0.2, 0.25) is 10.3 Å². The number of nitrogens with zero attached hydrogens (tertiary/aromatic N) is 2. The molecule has 1 aromatic heterocycles. The molecule has 2 heterocycles. The van der Waals surface area contributed by atoms with Crippen molar-refractivity contribution in [1.29, 1.82) is 0 Å². The smallest absolute Gasteiger partial charge is 0.224 e. The van der Waals surface area contributed by atoms with E-state index < -0.39 is 6.29 Å². The van der Waals surface area contributed by atoms with Crippen LogP contribution in [0.3, 0.4) is 0 Å². The molecule has 3 unspecified atom stereocenters. The van der Waals surface area contributed by atoms with E-state index in [0.29, 0.717) is 61.7 Å². The predicted molar refractivity (Wildman–Crippen MR) is 207 cm³/mol. The Hall–Kier alpha value is -4.71. The van der Waals surface area contributed by atoms with Crippen LogP contribution in [0, 0.1) is 0 Å². The summed E-state index contributed by atoms with van der Waals surface area (Å²) in [6.07, 6.45) is 4.04. The average Bonchev–Trinajstić information content (AvgIpc) is 3.50. The van der Waals surface area contributed by atoms with Crippen LogP contribution in [0.1, 0.15) is 73.2 Å². The van der Waals surface area contributed by atoms with Crippen molar-refractivity contribution in [3.8, 4) is 11.1 Å². The minimum Gasteiger partial charge on any atom is -0.397 e. The number of rotatable bonds is 15. The van der Waals surface area contributed by atoms with Crippen molar-refractivity contribution < 1.29 is 24.2 Å². The van der Waals surface area contributed by atoms with E-state index in [1.54, 1.807) is 23.0 Å². The fourth-order valence-electron chi connectivity index (χ4n) is 6.28. The summed E-state index contributed by atoms with van der Waals surface area (Å²) in [7, 11) is 0. The first kappa shape index (κ1) is 38.0. The first-order chi connectivity index (χ1) is 25.7. The van der Waals surface area contributed by atoms with Gasteiger partial charge in [0.25, 0.3) is 0 Å². The van der Waals surface area contributed by atoms with Gasteiger partial charge in [0.2, 0.25) is 11.8 Å². The SMILES string of the molecule is Nc1ccccc1NC(=O)CCCCCC(=O)NCc1cccc(-c2ccc(C3OC(Cn4cnc(Cl)c4Cl)CC(c4ccc(CO)cc4)O3)cc2)c1. The van der Waals surface area contributed by atoms with E-state index in [9.17, 15) is 14.7 Å². The van der Waals surface area contributed by atoms with Crippen LogP contribution in [0.4, 0.5) is 11.4 Å². The first-order valence-corrected chi connectivity index (χ1v) is 18.5. The first-order valence-electron chi connectivity index (χ1n) is 17.7. The molecule has 5 N–H and O–H groups in total. The van der Waals surface area contributed by atoms with Crippen LogP contribution in [0.5, 0.6) is 0 Å². The van der Waals surface area contributed by atoms with Crippen molar-refractivity contribution in [2.45, 2.75) is 76.7 Å². The highest BCUT2D eigenvalue weighted by Crippen LogP contribution is 2.39. The second kappa shape index (κ2) is 18.4. The summed E-state index contributed by atoms with van der Waals surface area (Å²) in [6.45, 7) is 0.847. The Bertz CT molecular complexity index is 1990. The second-order valence-corrected chi connectivity index (χ2v) is 13.8. The highest BCUT2D eigenvalue weighted by atomic mass is 35.5. The number of carbonyl (C=O) groups excluding carboxylic acids is 2. The minimum absolute atomic E-state index is 0.0203. The molecule has 0 saturated carbocycles. The summed E-state index contributed by atoms with van der Waals surface area (Å²) in [6, 6.07) is 31.1. The minimum atomic E-state index is -0.629. The molecule has 0 spiro atoms. The largest absolute Gasteiger partial charge is 0.397 e. The van der Waals surface area contributed by atoms with Gasteiger partial charge in [-0.05, 0) is 58.9 Å². The molecule has 10 nitrogen and oxygen atoms in total. The lowest BCUT2D eigenvalue weighted by Gasteiger charge is -2.36. The number of benzene rings is 4. The number of unbranched alkanes of at least 4 members (excludes halogenated alkanes) is 2. The molecule has 12 heteroatoms. The molecular formula is C41H43Cl2N5O5. The zero-order chi connectivity index (χ0) is 37.2. The second-order valence-electron chi connectivity index (χ2n) is 13.1. The Labute approximate surface area is 319 Å². The third-order valence-corrected chi connectivity index (χ3v) is 9.99. The molecule has 1 aliphatic rings. The maximum absolute atomic E-state index is 12.6. The molecule has 3 atom stereocenters. The predicted octanol–water partition coefficient (Wildman–Crippen LogP) is 8.38. The molecule has 0 bridgehead atoms. The third kappa shape index (κ3) is 10.5. The quantitative estimate of drug-likeness (QED) is 0.0622. The normalized spacial score (nSPS) is 17.0. The fraction of sp³-hybridized carbons (Fsp3) is 0.293. The Morgan fingerprint density at radius 1 is 0.830 bits per heavy atom. The van der Waals surface area contributed by atoms with E-state index in [1.165, 1.54) is 0 Å². The van der Waals surface area contributed by atoms with Gasteiger partial charge in [0.15, 0.2) is 11.4 Å². The third-order valence-electron chi connectivity index (χ3n) is 9.22. The van der Waals surface area contributed by atoms with Gasteiger partial charge in [-0.15, -0.1) is 0 Å². The summed E-state index contributed by atoms with van der Waals surface area (Å²) in [5, 5.41) is 16.0. The van der Waals surface area contributed by atoms with Gasteiger partial charge in [-0.3, -0.25) is 9.59 Å². The van der Waals surface area contributed by atoms with Gasteiger partial charge in [0, 0.05) is 31.4 Å². The number of aliphatic hydroxyl groups is 1. The topological polar surface area (TPSA) is 141 Å². The van der Waals surface area contributed by atoms with Gasteiger partial charge in [-0.25, -0.2) is 4.98 Å². The lowest BCUT2D eigenvalue weighted by Crippen LogP contribution is -2.32. The van der Waals surface area contributed by atoms with Crippen LogP contribution in [0.25, 0.3) is 11.1 Å². The summed E-state index contributed by atoms with van der Waals surface area (Å²) in [5.41, 5.74) is 12.8. The van der Waals surface area contributed by atoms with Crippen molar-refractivity contribution in [1.82, 2.24) is 14.9 Å². The van der Waals surface area contributed by atoms with Gasteiger partial charge in [0.05, 0.1) is 43.1 Å². The molecule has 0 aliphatic carbocycles. The number of para-hydroxylation sites is 2. The van der Waals surface area contributed by atoms with Gasteiger partial charge in [0.1, 0.15) is 5.15 Å². The number of aromatic nitrogens is 2. The number of nitrogens with one attached hydrogen (secondary N) is 2. The van der Waals surface area contributed by atoms with Crippen LogP contribution in [0.15, 0.2) is 103 Å². The van der Waals surface area contributed by atoms with Gasteiger partial charge in [-0.2, -0.15) is 0 Å². The summed E-state index contributed by atoms with van der Waals surface area (Å²) < 4.78 is 14.7.